The van der Waals surface area contributed by atoms with Gasteiger partial charge in [0, 0.05) is 15.3 Å². The van der Waals surface area contributed by atoms with Gasteiger partial charge in [-0.15, -0.1) is 0 Å². The van der Waals surface area contributed by atoms with Crippen molar-refractivity contribution in [3.63, 3.8) is 0 Å². The molecule has 0 amide bonds. The number of hydrogen-bond acceptors (Lipinski definition) is 7. The van der Waals surface area contributed by atoms with E-state index in [1.165, 1.54) is 6.08 Å². The van der Waals surface area contributed by atoms with Gasteiger partial charge in [0.2, 0.25) is 11.6 Å². The van der Waals surface area contributed by atoms with Crippen LogP contribution in [0.25, 0.3) is 0 Å². The van der Waals surface area contributed by atoms with Crippen molar-refractivity contribution in [2.75, 3.05) is 11.9 Å². The van der Waals surface area contributed by atoms with Gasteiger partial charge < -0.3 is 24.8 Å². The molecule has 0 saturated carbocycles. The van der Waals surface area contributed by atoms with Crippen LogP contribution in [-0.4, -0.2) is 50.1 Å². The third-order valence-corrected chi connectivity index (χ3v) is 5.26. The summed E-state index contributed by atoms with van der Waals surface area (Å²) in [6.45, 7) is -0.270. The number of rotatable bonds is 4. The van der Waals surface area contributed by atoms with E-state index in [1.54, 1.807) is 4.57 Å². The molecule has 0 saturated heterocycles. The predicted octanol–water partition coefficient (Wildman–Crippen LogP) is 1.11. The number of nitrogens with zero attached hydrogens (tertiary/aromatic N) is 2. The summed E-state index contributed by atoms with van der Waals surface area (Å²) in [4.78, 5) is 29.8. The molecule has 27 heavy (non-hydrogen) atoms. The van der Waals surface area contributed by atoms with Gasteiger partial charge in [0.25, 0.3) is 0 Å². The van der Waals surface area contributed by atoms with Crippen molar-refractivity contribution in [2.45, 2.75) is 25.4 Å². The molecule has 8 nitrogen and oxygen atoms in total. The van der Waals surface area contributed by atoms with Gasteiger partial charge in [-0.25, -0.2) is 4.98 Å². The lowest BCUT2D eigenvalue weighted by atomic mass is 10.0. The Balaban J connectivity index is 1.66. The number of hydrogen-bond donors (Lipinski definition) is 3. The Labute approximate surface area is 168 Å². The molecule has 0 radical (unpaired) electrons. The molecular weight excluding hydrogens is 465 g/mol. The standard InChI is InChI=1S/C18H16IN3O5/c19-9-1-3-10(4-2-9)20-11-5-12(24)16-17(18(11)26)22-6-14(13(25)7-23)27-8-15(22)21-16/h1-5,13-14,20,23,25H,6-8H2/t13-,14+/m1/s1. The van der Waals surface area contributed by atoms with E-state index in [-0.39, 0.29) is 41.8 Å². The largest absolute Gasteiger partial charge is 0.394 e. The number of aromatic nitrogens is 2. The molecule has 1 aliphatic carbocycles. The summed E-state index contributed by atoms with van der Waals surface area (Å²) < 4.78 is 8.15. The maximum atomic E-state index is 13.0. The number of fused-ring (bicyclic) bond motifs is 3. The van der Waals surface area contributed by atoms with E-state index < -0.39 is 18.8 Å². The molecule has 0 unspecified atom stereocenters. The number of carbonyl (C=O) groups excluding carboxylic acids is 2. The number of nitrogens with one attached hydrogen (secondary N) is 1. The summed E-state index contributed by atoms with van der Waals surface area (Å²) in [5.74, 6) is -0.258. The maximum absolute atomic E-state index is 13.0. The molecule has 2 aromatic rings. The van der Waals surface area contributed by atoms with Crippen LogP contribution in [0.4, 0.5) is 5.69 Å². The number of ketones is 2. The lowest BCUT2D eigenvalue weighted by molar-refractivity contribution is -0.0873. The van der Waals surface area contributed by atoms with Crippen molar-refractivity contribution in [3.05, 3.63) is 56.8 Å². The number of allylic oxidation sites excluding steroid dienone is 2. The molecule has 4 rings (SSSR count). The zero-order chi connectivity index (χ0) is 19.1. The van der Waals surface area contributed by atoms with Crippen LogP contribution >= 0.6 is 22.6 Å². The van der Waals surface area contributed by atoms with Crippen LogP contribution in [-0.2, 0) is 17.9 Å². The summed E-state index contributed by atoms with van der Waals surface area (Å²) >= 11 is 2.18. The fourth-order valence-corrected chi connectivity index (χ4v) is 3.51. The highest BCUT2D eigenvalue weighted by atomic mass is 127. The van der Waals surface area contributed by atoms with Gasteiger partial charge in [0.05, 0.1) is 18.8 Å². The third-order valence-electron chi connectivity index (χ3n) is 4.54. The van der Waals surface area contributed by atoms with Gasteiger partial charge in [-0.3, -0.25) is 9.59 Å². The molecule has 3 N–H and O–H groups in total. The summed E-state index contributed by atoms with van der Waals surface area (Å²) in [6.07, 6.45) is -0.504. The molecule has 1 aromatic carbocycles. The van der Waals surface area contributed by atoms with Gasteiger partial charge in [-0.1, -0.05) is 0 Å². The van der Waals surface area contributed by atoms with E-state index in [4.69, 9.17) is 9.84 Å². The fraction of sp³-hybridized carbons (Fsp3) is 0.278. The van der Waals surface area contributed by atoms with Crippen molar-refractivity contribution < 1.29 is 24.5 Å². The minimum absolute atomic E-state index is 0.0508. The zero-order valence-electron chi connectivity index (χ0n) is 14.1. The zero-order valence-corrected chi connectivity index (χ0v) is 16.2. The molecule has 2 heterocycles. The second-order valence-corrected chi connectivity index (χ2v) is 7.56. The topological polar surface area (TPSA) is 114 Å². The van der Waals surface area contributed by atoms with E-state index >= 15 is 0 Å². The van der Waals surface area contributed by atoms with Crippen molar-refractivity contribution in [3.8, 4) is 0 Å². The van der Waals surface area contributed by atoms with Crippen LogP contribution in [0, 0.1) is 3.57 Å². The van der Waals surface area contributed by atoms with Crippen LogP contribution in [0.3, 0.4) is 0 Å². The van der Waals surface area contributed by atoms with Gasteiger partial charge in [-0.05, 0) is 46.9 Å². The molecule has 9 heteroatoms. The number of anilines is 1. The number of aliphatic hydroxyl groups is 2. The normalized spacial score (nSPS) is 20.0. The highest BCUT2D eigenvalue weighted by Gasteiger charge is 2.36. The summed E-state index contributed by atoms with van der Waals surface area (Å²) in [7, 11) is 0. The Morgan fingerprint density at radius 1 is 1.33 bits per heavy atom. The Morgan fingerprint density at radius 3 is 2.78 bits per heavy atom. The van der Waals surface area contributed by atoms with Crippen molar-refractivity contribution >= 4 is 39.8 Å². The van der Waals surface area contributed by atoms with Gasteiger partial charge >= 0.3 is 0 Å². The van der Waals surface area contributed by atoms with E-state index in [9.17, 15) is 14.7 Å². The minimum Gasteiger partial charge on any atom is -0.394 e. The lowest BCUT2D eigenvalue weighted by Gasteiger charge is -2.28. The maximum Gasteiger partial charge on any atom is 0.228 e. The minimum atomic E-state index is -1.08. The molecule has 140 valence electrons. The lowest BCUT2D eigenvalue weighted by Crippen LogP contribution is -2.40. The molecular formula is C18H16IN3O5. The summed E-state index contributed by atoms with van der Waals surface area (Å²) in [5.41, 5.74) is 1.14. The Morgan fingerprint density at radius 2 is 2.07 bits per heavy atom. The predicted molar refractivity (Wildman–Crippen MR) is 103 cm³/mol. The van der Waals surface area contributed by atoms with Gasteiger partial charge in [0.15, 0.2) is 0 Å². The quantitative estimate of drug-likeness (QED) is 0.561. The first kappa shape index (κ1) is 18.3. The Kier molecular flexibility index (Phi) is 4.84. The Hall–Kier alpha value is -2.08. The monoisotopic (exact) mass is 481 g/mol. The SMILES string of the molecule is O=C1C=C(Nc2ccc(I)cc2)C(=O)c2c1nc1n2C[C@@H]([C@H](O)CO)OC1. The number of benzene rings is 1. The number of imidazole rings is 1. The molecule has 0 spiro atoms. The summed E-state index contributed by atoms with van der Waals surface area (Å²) in [6, 6.07) is 7.43. The second kappa shape index (κ2) is 7.15. The average molecular weight is 481 g/mol. The number of carbonyl (C=O) groups is 2. The molecule has 2 aliphatic rings. The van der Waals surface area contributed by atoms with Gasteiger partial charge in [0.1, 0.15) is 36.0 Å². The number of aliphatic hydroxyl groups excluding tert-OH is 2. The molecule has 0 bridgehead atoms. The first-order valence-corrected chi connectivity index (χ1v) is 9.39. The van der Waals surface area contributed by atoms with Crippen molar-refractivity contribution in [1.82, 2.24) is 9.55 Å². The fourth-order valence-electron chi connectivity index (χ4n) is 3.15. The van der Waals surface area contributed by atoms with Crippen LogP contribution in [0.2, 0.25) is 0 Å². The first-order chi connectivity index (χ1) is 13.0. The first-order valence-electron chi connectivity index (χ1n) is 8.31. The van der Waals surface area contributed by atoms with E-state index in [1.807, 2.05) is 24.3 Å². The molecule has 1 aliphatic heterocycles. The van der Waals surface area contributed by atoms with Crippen LogP contribution in [0.15, 0.2) is 36.0 Å². The third kappa shape index (κ3) is 3.31. The van der Waals surface area contributed by atoms with Crippen LogP contribution in [0.5, 0.6) is 0 Å². The number of Topliss-reactive ketones (excluding diaryl/α,β-unsaturated/α-hetero) is 1. The Bertz CT molecular complexity index is 951. The highest BCUT2D eigenvalue weighted by molar-refractivity contribution is 14.1. The van der Waals surface area contributed by atoms with Crippen molar-refractivity contribution in [2.24, 2.45) is 0 Å². The molecule has 0 fully saturated rings. The van der Waals surface area contributed by atoms with E-state index in [2.05, 4.69) is 32.9 Å². The van der Waals surface area contributed by atoms with E-state index in [0.717, 1.165) is 3.57 Å². The van der Waals surface area contributed by atoms with Crippen LogP contribution in [0.1, 0.15) is 26.8 Å². The molecule has 1 aromatic heterocycles. The number of ether oxygens (including phenoxy) is 1. The van der Waals surface area contributed by atoms with Crippen molar-refractivity contribution in [1.29, 1.82) is 0 Å². The average Bonchev–Trinajstić information content (AvgIpc) is 3.06. The highest BCUT2D eigenvalue weighted by Crippen LogP contribution is 2.27. The van der Waals surface area contributed by atoms with Crippen LogP contribution < -0.4 is 5.32 Å². The smallest absolute Gasteiger partial charge is 0.228 e. The summed E-state index contributed by atoms with van der Waals surface area (Å²) in [5, 5.41) is 22.0. The molecule has 2 atom stereocenters. The van der Waals surface area contributed by atoms with Gasteiger partial charge in [-0.2, -0.15) is 0 Å². The second-order valence-electron chi connectivity index (χ2n) is 6.32. The number of halogens is 1. The van der Waals surface area contributed by atoms with E-state index in [0.29, 0.717) is 11.5 Å².